The summed E-state index contributed by atoms with van der Waals surface area (Å²) in [5.41, 5.74) is -0.177. The zero-order valence-electron chi connectivity index (χ0n) is 11.0. The van der Waals surface area contributed by atoms with E-state index in [9.17, 15) is 14.7 Å². The number of nitrogens with one attached hydrogen (secondary N) is 1. The van der Waals surface area contributed by atoms with E-state index in [1.807, 2.05) is 5.32 Å². The zero-order chi connectivity index (χ0) is 14.8. The van der Waals surface area contributed by atoms with E-state index in [1.54, 1.807) is 0 Å². The van der Waals surface area contributed by atoms with Gasteiger partial charge in [0.25, 0.3) is 0 Å². The number of carbonyl (C=O) groups excluding carboxylic acids is 1. The van der Waals surface area contributed by atoms with Crippen LogP contribution in [0.1, 0.15) is 15.2 Å². The molecule has 0 aliphatic rings. The molecule has 0 aromatic heterocycles. The Hall–Kier alpha value is -2.24. The number of amides is 1. The Morgan fingerprint density at radius 1 is 1.41 bits per heavy atom. The summed E-state index contributed by atoms with van der Waals surface area (Å²) in [5.74, 6) is -3.27. The minimum atomic E-state index is -2.46. The molecular formula is C11H13NO5. The van der Waals surface area contributed by atoms with Crippen molar-refractivity contribution in [1.82, 2.24) is 5.32 Å². The monoisotopic (exact) mass is 241 g/mol. The van der Waals surface area contributed by atoms with Crippen LogP contribution in [-0.2, 0) is 16.0 Å². The lowest BCUT2D eigenvalue weighted by atomic mass is 10.1. The molecule has 17 heavy (non-hydrogen) atoms. The van der Waals surface area contributed by atoms with Crippen molar-refractivity contribution >= 4 is 11.9 Å². The van der Waals surface area contributed by atoms with Crippen LogP contribution in [0.2, 0.25) is 0 Å². The SMILES string of the molecule is [2H]C([2H])(c1ccc(O)c(O)c1)C(NC(C)=O)C(=O)O. The predicted octanol–water partition coefficient (Wildman–Crippen LogP) is 0.230. The maximum absolute atomic E-state index is 11.0. The molecule has 6 heteroatoms. The molecule has 1 amide bonds. The lowest BCUT2D eigenvalue weighted by Gasteiger charge is -2.13. The molecule has 0 aliphatic carbocycles. The molecule has 1 aromatic carbocycles. The number of carboxylic acid groups (broad SMARTS) is 1. The van der Waals surface area contributed by atoms with Gasteiger partial charge in [-0.25, -0.2) is 4.79 Å². The Bertz CT molecular complexity index is 518. The van der Waals surface area contributed by atoms with Crippen molar-refractivity contribution in [2.45, 2.75) is 19.3 Å². The van der Waals surface area contributed by atoms with Gasteiger partial charge in [-0.15, -0.1) is 0 Å². The van der Waals surface area contributed by atoms with Crippen LogP contribution >= 0.6 is 0 Å². The quantitative estimate of drug-likeness (QED) is 0.564. The molecular weight excluding hydrogens is 226 g/mol. The molecule has 0 saturated carbocycles. The van der Waals surface area contributed by atoms with Crippen LogP contribution in [0.5, 0.6) is 11.5 Å². The third-order valence-electron chi connectivity index (χ3n) is 1.88. The van der Waals surface area contributed by atoms with Crippen LogP contribution in [0.25, 0.3) is 0 Å². The molecule has 6 nitrogen and oxygen atoms in total. The van der Waals surface area contributed by atoms with Gasteiger partial charge >= 0.3 is 5.97 Å². The predicted molar refractivity (Wildman–Crippen MR) is 58.7 cm³/mol. The fourth-order valence-corrected chi connectivity index (χ4v) is 1.14. The van der Waals surface area contributed by atoms with Crippen molar-refractivity contribution in [3.05, 3.63) is 23.8 Å². The number of benzene rings is 1. The number of aromatic hydroxyl groups is 2. The van der Waals surface area contributed by atoms with E-state index in [-0.39, 0.29) is 5.56 Å². The Morgan fingerprint density at radius 2 is 2.06 bits per heavy atom. The highest BCUT2D eigenvalue weighted by atomic mass is 16.4. The summed E-state index contributed by atoms with van der Waals surface area (Å²) >= 11 is 0. The van der Waals surface area contributed by atoms with Gasteiger partial charge in [-0.05, 0) is 17.7 Å². The van der Waals surface area contributed by atoms with Crippen molar-refractivity contribution < 1.29 is 27.7 Å². The fraction of sp³-hybridized carbons (Fsp3) is 0.273. The molecule has 0 radical (unpaired) electrons. The third-order valence-corrected chi connectivity index (χ3v) is 1.88. The van der Waals surface area contributed by atoms with Crippen LogP contribution in [-0.4, -0.2) is 33.2 Å². The van der Waals surface area contributed by atoms with Gasteiger partial charge in [-0.2, -0.15) is 0 Å². The van der Waals surface area contributed by atoms with E-state index in [0.717, 1.165) is 25.1 Å². The summed E-state index contributed by atoms with van der Waals surface area (Å²) < 4.78 is 15.6. The zero-order valence-corrected chi connectivity index (χ0v) is 8.97. The molecule has 0 fully saturated rings. The number of rotatable bonds is 4. The largest absolute Gasteiger partial charge is 0.504 e. The molecule has 1 unspecified atom stereocenters. The van der Waals surface area contributed by atoms with Gasteiger partial charge < -0.3 is 20.6 Å². The van der Waals surface area contributed by atoms with E-state index in [4.69, 9.17) is 13.0 Å². The van der Waals surface area contributed by atoms with Gasteiger partial charge in [0, 0.05) is 16.0 Å². The summed E-state index contributed by atoms with van der Waals surface area (Å²) in [4.78, 5) is 22.0. The maximum Gasteiger partial charge on any atom is 0.326 e. The summed E-state index contributed by atoms with van der Waals surface area (Å²) in [6.07, 6.45) is -2.46. The highest BCUT2D eigenvalue weighted by Gasteiger charge is 2.19. The van der Waals surface area contributed by atoms with Gasteiger partial charge in [0.05, 0.1) is 0 Å². The van der Waals surface area contributed by atoms with Crippen LogP contribution in [0, 0.1) is 0 Å². The number of carboxylic acids is 1. The summed E-state index contributed by atoms with van der Waals surface area (Å²) in [7, 11) is 0. The van der Waals surface area contributed by atoms with Gasteiger partial charge in [0.1, 0.15) is 6.04 Å². The average Bonchev–Trinajstić information content (AvgIpc) is 2.28. The first-order chi connectivity index (χ1) is 8.66. The number of phenols is 2. The number of hydrogen-bond donors (Lipinski definition) is 4. The van der Waals surface area contributed by atoms with Gasteiger partial charge in [-0.3, -0.25) is 4.79 Å². The van der Waals surface area contributed by atoms with Crippen molar-refractivity contribution in [2.75, 3.05) is 0 Å². The van der Waals surface area contributed by atoms with Crippen molar-refractivity contribution in [1.29, 1.82) is 0 Å². The van der Waals surface area contributed by atoms with Crippen LogP contribution in [0.3, 0.4) is 0 Å². The van der Waals surface area contributed by atoms with Gasteiger partial charge in [0.2, 0.25) is 5.91 Å². The third kappa shape index (κ3) is 3.67. The standard InChI is InChI=1S/C11H13NO5/c1-6(13)12-8(11(16)17)4-7-2-3-9(14)10(15)5-7/h2-3,5,8,14-15H,4H2,1H3,(H,12,13)(H,16,17)/i4D2. The summed E-state index contributed by atoms with van der Waals surface area (Å²) in [6.45, 7) is 1.07. The molecule has 4 N–H and O–H groups in total. The molecule has 1 aromatic rings. The Labute approximate surface area is 100 Å². The lowest BCUT2D eigenvalue weighted by Crippen LogP contribution is -2.41. The first-order valence-electron chi connectivity index (χ1n) is 5.68. The maximum atomic E-state index is 11.0. The van der Waals surface area contributed by atoms with E-state index in [0.29, 0.717) is 0 Å². The second-order valence-electron chi connectivity index (χ2n) is 3.32. The van der Waals surface area contributed by atoms with Gasteiger partial charge in [0.15, 0.2) is 11.5 Å². The van der Waals surface area contributed by atoms with Crippen LogP contribution in [0.4, 0.5) is 0 Å². The molecule has 0 saturated heterocycles. The smallest absolute Gasteiger partial charge is 0.326 e. The number of carbonyl (C=O) groups is 2. The van der Waals surface area contributed by atoms with Crippen molar-refractivity contribution in [3.8, 4) is 11.5 Å². The normalized spacial score (nSPS) is 14.4. The van der Waals surface area contributed by atoms with E-state index in [2.05, 4.69) is 0 Å². The fourth-order valence-electron chi connectivity index (χ4n) is 1.14. The minimum absolute atomic E-state index is 0.177. The van der Waals surface area contributed by atoms with Crippen molar-refractivity contribution in [2.24, 2.45) is 0 Å². The Morgan fingerprint density at radius 3 is 2.53 bits per heavy atom. The average molecular weight is 241 g/mol. The number of aliphatic carboxylic acids is 1. The summed E-state index contributed by atoms with van der Waals surface area (Å²) in [6, 6.07) is 1.27. The van der Waals surface area contributed by atoms with E-state index >= 15 is 0 Å². The second-order valence-corrected chi connectivity index (χ2v) is 3.32. The molecule has 1 rings (SSSR count). The van der Waals surface area contributed by atoms with Crippen LogP contribution in [0.15, 0.2) is 18.2 Å². The number of hydrogen-bond acceptors (Lipinski definition) is 4. The highest BCUT2D eigenvalue weighted by molar-refractivity contribution is 5.82. The molecule has 0 heterocycles. The van der Waals surface area contributed by atoms with E-state index in [1.165, 1.54) is 0 Å². The molecule has 0 bridgehead atoms. The topological polar surface area (TPSA) is 107 Å². The van der Waals surface area contributed by atoms with Gasteiger partial charge in [-0.1, -0.05) is 6.07 Å². The second kappa shape index (κ2) is 5.20. The number of phenolic OH excluding ortho intramolecular Hbond substituents is 2. The first kappa shape index (κ1) is 9.95. The highest BCUT2D eigenvalue weighted by Crippen LogP contribution is 2.25. The Balaban J connectivity index is 3.21. The lowest BCUT2D eigenvalue weighted by molar-refractivity contribution is -0.141. The van der Waals surface area contributed by atoms with E-state index < -0.39 is 35.8 Å². The molecule has 92 valence electrons. The first-order valence-corrected chi connectivity index (χ1v) is 4.68. The van der Waals surface area contributed by atoms with Crippen molar-refractivity contribution in [3.63, 3.8) is 0 Å². The molecule has 0 spiro atoms. The Kier molecular flexibility index (Phi) is 3.04. The van der Waals surface area contributed by atoms with Crippen LogP contribution < -0.4 is 5.32 Å². The molecule has 0 aliphatic heterocycles. The summed E-state index contributed by atoms with van der Waals surface area (Å²) in [5, 5.41) is 29.4. The molecule has 1 atom stereocenters. The minimum Gasteiger partial charge on any atom is -0.504 e.